The zero-order chi connectivity index (χ0) is 24.1. The molecule has 0 amide bonds. The minimum Gasteiger partial charge on any atom is -0.468 e. The standard InChI is InChI=1S/C28H29NO5/c1-20-24(22-15-9-5-10-16-22)28(26(30)32-2,27(31)33-3)25(23-17-11-6-12-18-23)29(34-20)19-21-13-7-4-8-14-21/h4-18,20,24-25H,19H2,1-3H3/t20-,24-,25-/m0/s1. The summed E-state index contributed by atoms with van der Waals surface area (Å²) in [6.07, 6.45) is -0.524. The van der Waals surface area contributed by atoms with Gasteiger partial charge in [-0.1, -0.05) is 91.0 Å². The number of esters is 2. The summed E-state index contributed by atoms with van der Waals surface area (Å²) in [5.41, 5.74) is 0.823. The second kappa shape index (κ2) is 10.2. The van der Waals surface area contributed by atoms with Crippen molar-refractivity contribution in [3.8, 4) is 0 Å². The van der Waals surface area contributed by atoms with E-state index < -0.39 is 35.4 Å². The van der Waals surface area contributed by atoms with Gasteiger partial charge in [0.1, 0.15) is 0 Å². The van der Waals surface area contributed by atoms with Crippen LogP contribution in [0.3, 0.4) is 0 Å². The minimum atomic E-state index is -1.71. The lowest BCUT2D eigenvalue weighted by molar-refractivity contribution is -0.296. The van der Waals surface area contributed by atoms with Gasteiger partial charge in [0.25, 0.3) is 0 Å². The van der Waals surface area contributed by atoms with Crippen LogP contribution in [0.25, 0.3) is 0 Å². The molecule has 1 fully saturated rings. The zero-order valence-electron chi connectivity index (χ0n) is 19.6. The van der Waals surface area contributed by atoms with Gasteiger partial charge >= 0.3 is 11.9 Å². The highest BCUT2D eigenvalue weighted by Gasteiger charge is 2.66. The number of methoxy groups -OCH3 is 2. The van der Waals surface area contributed by atoms with Gasteiger partial charge in [0, 0.05) is 12.5 Å². The van der Waals surface area contributed by atoms with Gasteiger partial charge in [-0.05, 0) is 23.6 Å². The highest BCUT2D eigenvalue weighted by molar-refractivity contribution is 6.02. The average Bonchev–Trinajstić information content (AvgIpc) is 2.88. The van der Waals surface area contributed by atoms with E-state index in [9.17, 15) is 9.59 Å². The molecule has 1 heterocycles. The monoisotopic (exact) mass is 459 g/mol. The molecule has 3 atom stereocenters. The molecule has 0 radical (unpaired) electrons. The Kier molecular flexibility index (Phi) is 7.10. The smallest absolute Gasteiger partial charge is 0.326 e. The van der Waals surface area contributed by atoms with Crippen molar-refractivity contribution in [2.75, 3.05) is 14.2 Å². The summed E-state index contributed by atoms with van der Waals surface area (Å²) < 4.78 is 10.7. The topological polar surface area (TPSA) is 65.1 Å². The summed E-state index contributed by atoms with van der Waals surface area (Å²) in [4.78, 5) is 34.1. The molecule has 0 saturated carbocycles. The maximum atomic E-state index is 13.8. The Morgan fingerprint density at radius 1 is 0.794 bits per heavy atom. The Hall–Kier alpha value is -3.48. The largest absolute Gasteiger partial charge is 0.468 e. The lowest BCUT2D eigenvalue weighted by Gasteiger charge is -2.52. The first-order valence-corrected chi connectivity index (χ1v) is 11.3. The van der Waals surface area contributed by atoms with Gasteiger partial charge < -0.3 is 9.47 Å². The molecular formula is C28H29NO5. The van der Waals surface area contributed by atoms with E-state index in [4.69, 9.17) is 14.3 Å². The molecule has 0 N–H and O–H groups in total. The Morgan fingerprint density at radius 2 is 1.26 bits per heavy atom. The zero-order valence-corrected chi connectivity index (χ0v) is 19.6. The van der Waals surface area contributed by atoms with E-state index >= 15 is 0 Å². The Morgan fingerprint density at radius 3 is 1.76 bits per heavy atom. The number of carbonyl (C=O) groups is 2. The summed E-state index contributed by atoms with van der Waals surface area (Å²) in [5.74, 6) is -1.96. The number of ether oxygens (including phenoxy) is 2. The maximum Gasteiger partial charge on any atom is 0.326 e. The molecule has 3 aromatic carbocycles. The molecule has 176 valence electrons. The molecule has 6 nitrogen and oxygen atoms in total. The number of nitrogens with zero attached hydrogens (tertiary/aromatic N) is 1. The number of hydrogen-bond acceptors (Lipinski definition) is 6. The van der Waals surface area contributed by atoms with Crippen molar-refractivity contribution in [1.29, 1.82) is 0 Å². The van der Waals surface area contributed by atoms with Crippen molar-refractivity contribution in [3.05, 3.63) is 108 Å². The Balaban J connectivity index is 1.99. The van der Waals surface area contributed by atoms with Gasteiger partial charge in [-0.25, -0.2) is 0 Å². The molecule has 0 bridgehead atoms. The third-order valence-electron chi connectivity index (χ3n) is 6.48. The Labute approximate surface area is 200 Å². The highest BCUT2D eigenvalue weighted by Crippen LogP contribution is 2.56. The van der Waals surface area contributed by atoms with Crippen LogP contribution in [0, 0.1) is 5.41 Å². The number of rotatable bonds is 6. The summed E-state index contributed by atoms with van der Waals surface area (Å²) in [6, 6.07) is 27.9. The van der Waals surface area contributed by atoms with E-state index in [0.717, 1.165) is 16.7 Å². The van der Waals surface area contributed by atoms with Gasteiger partial charge in [-0.15, -0.1) is 0 Å². The fourth-order valence-electron chi connectivity index (χ4n) is 5.15. The summed E-state index contributed by atoms with van der Waals surface area (Å²) in [6.45, 7) is 2.24. The van der Waals surface area contributed by atoms with E-state index in [1.807, 2.05) is 97.9 Å². The molecule has 6 heteroatoms. The molecule has 4 rings (SSSR count). The first-order chi connectivity index (χ1) is 16.5. The molecule has 0 aromatic heterocycles. The molecule has 1 aliphatic rings. The third kappa shape index (κ3) is 4.11. The van der Waals surface area contributed by atoms with Gasteiger partial charge in [0.2, 0.25) is 0 Å². The fraction of sp³-hybridized carbons (Fsp3) is 0.286. The first kappa shape index (κ1) is 23.7. The van der Waals surface area contributed by atoms with Gasteiger partial charge in [0.05, 0.1) is 26.4 Å². The lowest BCUT2D eigenvalue weighted by atomic mass is 9.62. The van der Waals surface area contributed by atoms with Crippen molar-refractivity contribution in [2.24, 2.45) is 5.41 Å². The van der Waals surface area contributed by atoms with Crippen molar-refractivity contribution in [1.82, 2.24) is 5.06 Å². The van der Waals surface area contributed by atoms with Crippen molar-refractivity contribution in [3.63, 3.8) is 0 Å². The maximum absolute atomic E-state index is 13.8. The van der Waals surface area contributed by atoms with E-state index in [-0.39, 0.29) is 0 Å². The van der Waals surface area contributed by atoms with Crippen LogP contribution in [0.5, 0.6) is 0 Å². The van der Waals surface area contributed by atoms with E-state index in [2.05, 4.69) is 0 Å². The lowest BCUT2D eigenvalue weighted by Crippen LogP contribution is -2.62. The van der Waals surface area contributed by atoms with Crippen LogP contribution in [-0.4, -0.2) is 37.3 Å². The molecule has 1 aliphatic heterocycles. The molecule has 0 aliphatic carbocycles. The molecule has 0 spiro atoms. The van der Waals surface area contributed by atoms with E-state index in [1.54, 1.807) is 5.06 Å². The SMILES string of the molecule is COC(=O)C1(C(=O)OC)[C@H](c2ccccc2)[C@H](C)ON(Cc2ccccc2)[C@H]1c1ccccc1. The minimum absolute atomic E-state index is 0.363. The van der Waals surface area contributed by atoms with Crippen LogP contribution in [0.15, 0.2) is 91.0 Å². The molecule has 34 heavy (non-hydrogen) atoms. The van der Waals surface area contributed by atoms with Crippen LogP contribution in [0.4, 0.5) is 0 Å². The second-order valence-electron chi connectivity index (χ2n) is 8.43. The van der Waals surface area contributed by atoms with Crippen molar-refractivity contribution < 1.29 is 23.9 Å². The van der Waals surface area contributed by atoms with Gasteiger partial charge in [0.15, 0.2) is 5.41 Å². The van der Waals surface area contributed by atoms with Crippen LogP contribution in [0.2, 0.25) is 0 Å². The second-order valence-corrected chi connectivity index (χ2v) is 8.43. The van der Waals surface area contributed by atoms with E-state index in [0.29, 0.717) is 6.54 Å². The number of hydroxylamine groups is 2. The molecular weight excluding hydrogens is 430 g/mol. The summed E-state index contributed by atoms with van der Waals surface area (Å²) >= 11 is 0. The first-order valence-electron chi connectivity index (χ1n) is 11.3. The third-order valence-corrected chi connectivity index (χ3v) is 6.48. The normalized spacial score (nSPS) is 22.0. The number of benzene rings is 3. The van der Waals surface area contributed by atoms with Crippen LogP contribution < -0.4 is 0 Å². The van der Waals surface area contributed by atoms with Crippen LogP contribution in [-0.2, 0) is 30.4 Å². The molecule has 3 aromatic rings. The van der Waals surface area contributed by atoms with Crippen molar-refractivity contribution >= 4 is 11.9 Å². The Bertz CT molecular complexity index is 1090. The quantitative estimate of drug-likeness (QED) is 0.394. The van der Waals surface area contributed by atoms with Gasteiger partial charge in [-0.3, -0.25) is 14.4 Å². The predicted molar refractivity (Wildman–Crippen MR) is 127 cm³/mol. The molecule has 1 saturated heterocycles. The van der Waals surface area contributed by atoms with Gasteiger partial charge in [-0.2, -0.15) is 5.06 Å². The van der Waals surface area contributed by atoms with E-state index in [1.165, 1.54) is 14.2 Å². The number of hydrogen-bond donors (Lipinski definition) is 0. The number of carbonyl (C=O) groups excluding carboxylic acids is 2. The highest BCUT2D eigenvalue weighted by atomic mass is 16.7. The summed E-state index contributed by atoms with van der Waals surface area (Å²) in [7, 11) is 2.61. The average molecular weight is 460 g/mol. The summed E-state index contributed by atoms with van der Waals surface area (Å²) in [5, 5.41) is 1.72. The van der Waals surface area contributed by atoms with Crippen LogP contribution in [0.1, 0.15) is 35.6 Å². The predicted octanol–water partition coefficient (Wildman–Crippen LogP) is 4.68. The molecule has 0 unspecified atom stereocenters. The van der Waals surface area contributed by atoms with Crippen molar-refractivity contribution in [2.45, 2.75) is 31.5 Å². The fourth-order valence-corrected chi connectivity index (χ4v) is 5.15. The van der Waals surface area contributed by atoms with Crippen LogP contribution >= 0.6 is 0 Å².